The van der Waals surface area contributed by atoms with Gasteiger partial charge in [-0.05, 0) is 42.3 Å². The van der Waals surface area contributed by atoms with Gasteiger partial charge in [-0.25, -0.2) is 0 Å². The molecule has 1 N–H and O–H groups in total. The van der Waals surface area contributed by atoms with Gasteiger partial charge in [-0.3, -0.25) is 0 Å². The summed E-state index contributed by atoms with van der Waals surface area (Å²) in [7, 11) is 1.65. The number of ether oxygens (including phenoxy) is 2. The third-order valence-electron chi connectivity index (χ3n) is 3.19. The van der Waals surface area contributed by atoms with Crippen LogP contribution in [0.2, 0.25) is 0 Å². The van der Waals surface area contributed by atoms with E-state index in [0.29, 0.717) is 6.61 Å². The predicted octanol–water partition coefficient (Wildman–Crippen LogP) is 4.51. The van der Waals surface area contributed by atoms with Crippen molar-refractivity contribution in [2.24, 2.45) is 0 Å². The second kappa shape index (κ2) is 7.93. The van der Waals surface area contributed by atoms with E-state index in [2.05, 4.69) is 40.3 Å². The van der Waals surface area contributed by atoms with E-state index in [0.717, 1.165) is 34.6 Å². The Balaban J connectivity index is 1.87. The number of methoxy groups -OCH3 is 1. The summed E-state index contributed by atoms with van der Waals surface area (Å²) in [6.45, 7) is 3.48. The Kier molecular flexibility index (Phi) is 5.93. The third-order valence-corrected chi connectivity index (χ3v) is 3.69. The quantitative estimate of drug-likeness (QED) is 0.746. The van der Waals surface area contributed by atoms with Crippen LogP contribution in [0.25, 0.3) is 0 Å². The Bertz CT molecular complexity index is 587. The van der Waals surface area contributed by atoms with Gasteiger partial charge in [0.1, 0.15) is 6.61 Å². The zero-order valence-electron chi connectivity index (χ0n) is 12.4. The molecule has 0 saturated carbocycles. The van der Waals surface area contributed by atoms with Crippen LogP contribution in [-0.4, -0.2) is 20.3 Å². The van der Waals surface area contributed by atoms with Crippen LogP contribution in [0.4, 0.5) is 5.69 Å². The van der Waals surface area contributed by atoms with Gasteiger partial charge < -0.3 is 14.8 Å². The van der Waals surface area contributed by atoms with Crippen molar-refractivity contribution in [1.29, 1.82) is 0 Å². The highest BCUT2D eigenvalue weighted by atomic mass is 79.9. The Morgan fingerprint density at radius 3 is 2.57 bits per heavy atom. The summed E-state index contributed by atoms with van der Waals surface area (Å²) in [5.41, 5.74) is 2.45. The van der Waals surface area contributed by atoms with Crippen LogP contribution in [0.5, 0.6) is 11.5 Å². The van der Waals surface area contributed by atoms with Crippen LogP contribution >= 0.6 is 15.9 Å². The van der Waals surface area contributed by atoms with Crippen molar-refractivity contribution in [2.45, 2.75) is 13.3 Å². The number of hydrogen-bond acceptors (Lipinski definition) is 3. The first-order chi connectivity index (χ1) is 10.2. The SMILES string of the molecule is CCc1cc(Br)ccc1NCCOc1ccccc1OC. The van der Waals surface area contributed by atoms with Gasteiger partial charge in [-0.15, -0.1) is 0 Å². The van der Waals surface area contributed by atoms with Crippen molar-refractivity contribution in [2.75, 3.05) is 25.6 Å². The lowest BCUT2D eigenvalue weighted by Crippen LogP contribution is -2.12. The molecule has 3 nitrogen and oxygen atoms in total. The summed E-state index contributed by atoms with van der Waals surface area (Å²) >= 11 is 3.50. The van der Waals surface area contributed by atoms with E-state index in [1.54, 1.807) is 7.11 Å². The fourth-order valence-electron chi connectivity index (χ4n) is 2.11. The van der Waals surface area contributed by atoms with E-state index in [9.17, 15) is 0 Å². The van der Waals surface area contributed by atoms with Crippen LogP contribution in [0.1, 0.15) is 12.5 Å². The highest BCUT2D eigenvalue weighted by Crippen LogP contribution is 2.25. The molecule has 2 aromatic rings. The van der Waals surface area contributed by atoms with Crippen LogP contribution in [0.3, 0.4) is 0 Å². The van der Waals surface area contributed by atoms with Crippen LogP contribution in [0, 0.1) is 0 Å². The molecule has 0 atom stereocenters. The Morgan fingerprint density at radius 2 is 1.86 bits per heavy atom. The highest BCUT2D eigenvalue weighted by Gasteiger charge is 2.03. The molecule has 0 unspecified atom stereocenters. The number of hydrogen-bond donors (Lipinski definition) is 1. The maximum Gasteiger partial charge on any atom is 0.161 e. The fraction of sp³-hybridized carbons (Fsp3) is 0.294. The largest absolute Gasteiger partial charge is 0.493 e. The summed E-state index contributed by atoms with van der Waals surface area (Å²) in [5.74, 6) is 1.53. The lowest BCUT2D eigenvalue weighted by molar-refractivity contribution is 0.306. The molecule has 0 bridgehead atoms. The summed E-state index contributed by atoms with van der Waals surface area (Å²) in [4.78, 5) is 0. The first-order valence-corrected chi connectivity index (χ1v) is 7.82. The number of para-hydroxylation sites is 2. The first kappa shape index (κ1) is 15.7. The Hall–Kier alpha value is -1.68. The topological polar surface area (TPSA) is 30.5 Å². The fourth-order valence-corrected chi connectivity index (χ4v) is 2.52. The molecule has 2 aromatic carbocycles. The minimum absolute atomic E-state index is 0.583. The molecule has 0 aliphatic heterocycles. The van der Waals surface area contributed by atoms with Gasteiger partial charge in [0.05, 0.1) is 7.11 Å². The van der Waals surface area contributed by atoms with Crippen molar-refractivity contribution < 1.29 is 9.47 Å². The lowest BCUT2D eigenvalue weighted by atomic mass is 10.1. The number of aryl methyl sites for hydroxylation is 1. The molecular formula is C17H20BrNO2. The van der Waals surface area contributed by atoms with E-state index in [4.69, 9.17) is 9.47 Å². The normalized spacial score (nSPS) is 10.2. The van der Waals surface area contributed by atoms with Gasteiger partial charge >= 0.3 is 0 Å². The molecule has 112 valence electrons. The molecule has 0 amide bonds. The molecule has 0 aliphatic carbocycles. The number of anilines is 1. The van der Waals surface area contributed by atoms with Gasteiger partial charge in [0.15, 0.2) is 11.5 Å². The number of rotatable bonds is 7. The maximum atomic E-state index is 5.75. The molecular weight excluding hydrogens is 330 g/mol. The summed E-state index contributed by atoms with van der Waals surface area (Å²) < 4.78 is 12.1. The first-order valence-electron chi connectivity index (χ1n) is 7.02. The van der Waals surface area contributed by atoms with Gasteiger partial charge in [-0.2, -0.15) is 0 Å². The molecule has 2 rings (SSSR count). The Labute approximate surface area is 134 Å². The molecule has 21 heavy (non-hydrogen) atoms. The number of halogens is 1. The predicted molar refractivity (Wildman–Crippen MR) is 90.5 cm³/mol. The molecule has 0 radical (unpaired) electrons. The lowest BCUT2D eigenvalue weighted by Gasteiger charge is -2.13. The van der Waals surface area contributed by atoms with Crippen molar-refractivity contribution in [3.05, 3.63) is 52.5 Å². The summed E-state index contributed by atoms with van der Waals surface area (Å²) in [5, 5.41) is 3.41. The van der Waals surface area contributed by atoms with Crippen molar-refractivity contribution in [1.82, 2.24) is 0 Å². The van der Waals surface area contributed by atoms with Gasteiger partial charge in [-0.1, -0.05) is 35.0 Å². The molecule has 0 saturated heterocycles. The summed E-state index contributed by atoms with van der Waals surface area (Å²) in [6.07, 6.45) is 0.995. The molecule has 0 spiro atoms. The van der Waals surface area contributed by atoms with Crippen LogP contribution in [0.15, 0.2) is 46.9 Å². The van der Waals surface area contributed by atoms with E-state index >= 15 is 0 Å². The number of benzene rings is 2. The monoisotopic (exact) mass is 349 g/mol. The molecule has 0 aliphatic rings. The standard InChI is InChI=1S/C17H20BrNO2/c1-3-13-12-14(18)8-9-15(13)19-10-11-21-17-7-5-4-6-16(17)20-2/h4-9,12,19H,3,10-11H2,1-2H3. The van der Waals surface area contributed by atoms with E-state index in [1.165, 1.54) is 5.56 Å². The number of nitrogens with one attached hydrogen (secondary N) is 1. The van der Waals surface area contributed by atoms with Crippen molar-refractivity contribution >= 4 is 21.6 Å². The second-order valence-corrected chi connectivity index (χ2v) is 5.50. The second-order valence-electron chi connectivity index (χ2n) is 4.58. The van der Waals surface area contributed by atoms with E-state index in [-0.39, 0.29) is 0 Å². The zero-order chi connectivity index (χ0) is 15.1. The van der Waals surface area contributed by atoms with Crippen molar-refractivity contribution in [3.8, 4) is 11.5 Å². The summed E-state index contributed by atoms with van der Waals surface area (Å²) in [6, 6.07) is 14.0. The average Bonchev–Trinajstić information content (AvgIpc) is 2.52. The average molecular weight is 350 g/mol. The Morgan fingerprint density at radius 1 is 1.10 bits per heavy atom. The highest BCUT2D eigenvalue weighted by molar-refractivity contribution is 9.10. The zero-order valence-corrected chi connectivity index (χ0v) is 13.9. The van der Waals surface area contributed by atoms with Gasteiger partial charge in [0, 0.05) is 16.7 Å². The van der Waals surface area contributed by atoms with Crippen molar-refractivity contribution in [3.63, 3.8) is 0 Å². The third kappa shape index (κ3) is 4.39. The molecule has 4 heteroatoms. The van der Waals surface area contributed by atoms with Crippen LogP contribution < -0.4 is 14.8 Å². The molecule has 0 fully saturated rings. The smallest absolute Gasteiger partial charge is 0.161 e. The van der Waals surface area contributed by atoms with Gasteiger partial charge in [0.2, 0.25) is 0 Å². The molecule has 0 heterocycles. The maximum absolute atomic E-state index is 5.75. The van der Waals surface area contributed by atoms with E-state index < -0.39 is 0 Å². The minimum atomic E-state index is 0.583. The van der Waals surface area contributed by atoms with E-state index in [1.807, 2.05) is 30.3 Å². The molecule has 0 aromatic heterocycles. The van der Waals surface area contributed by atoms with Crippen LogP contribution in [-0.2, 0) is 6.42 Å². The van der Waals surface area contributed by atoms with Gasteiger partial charge in [0.25, 0.3) is 0 Å². The minimum Gasteiger partial charge on any atom is -0.493 e.